The number of hydrogen-bond donors (Lipinski definition) is 2. The summed E-state index contributed by atoms with van der Waals surface area (Å²) in [5.74, 6) is -1.79. The van der Waals surface area contributed by atoms with Gasteiger partial charge in [0.25, 0.3) is 11.7 Å². The highest BCUT2D eigenvalue weighted by Crippen LogP contribution is 2.44. The van der Waals surface area contributed by atoms with Gasteiger partial charge in [-0.2, -0.15) is 13.2 Å². The molecule has 0 bridgehead atoms. The van der Waals surface area contributed by atoms with Crippen molar-refractivity contribution in [2.45, 2.75) is 12.2 Å². The molecular formula is C26H18F3NO6. The van der Waals surface area contributed by atoms with Crippen molar-refractivity contribution in [3.63, 3.8) is 0 Å². The third kappa shape index (κ3) is 4.00. The van der Waals surface area contributed by atoms with Gasteiger partial charge in [0.1, 0.15) is 24.7 Å². The minimum Gasteiger partial charge on any atom is -0.508 e. The first-order chi connectivity index (χ1) is 17.1. The van der Waals surface area contributed by atoms with Gasteiger partial charge in [0.05, 0.1) is 17.2 Å². The van der Waals surface area contributed by atoms with Crippen LogP contribution in [0, 0.1) is 0 Å². The van der Waals surface area contributed by atoms with Crippen LogP contribution in [-0.2, 0) is 15.8 Å². The van der Waals surface area contributed by atoms with Gasteiger partial charge in [-0.05, 0) is 60.2 Å². The summed E-state index contributed by atoms with van der Waals surface area (Å²) in [5, 5.41) is 20.9. The van der Waals surface area contributed by atoms with Crippen molar-refractivity contribution in [1.29, 1.82) is 0 Å². The highest BCUT2D eigenvalue weighted by atomic mass is 19.4. The number of alkyl halides is 3. The van der Waals surface area contributed by atoms with Crippen LogP contribution in [0.5, 0.6) is 17.2 Å². The number of nitrogens with zero attached hydrogens (tertiary/aromatic N) is 1. The molecule has 1 unspecified atom stereocenters. The van der Waals surface area contributed by atoms with Gasteiger partial charge in [-0.1, -0.05) is 12.1 Å². The van der Waals surface area contributed by atoms with E-state index in [1.54, 1.807) is 6.07 Å². The van der Waals surface area contributed by atoms with Gasteiger partial charge in [-0.25, -0.2) is 0 Å². The van der Waals surface area contributed by atoms with Crippen LogP contribution < -0.4 is 14.4 Å². The molecule has 2 aliphatic heterocycles. The average Bonchev–Trinajstić information content (AvgIpc) is 3.13. The molecule has 2 heterocycles. The minimum absolute atomic E-state index is 0.0319. The molecule has 3 aromatic rings. The first-order valence-electron chi connectivity index (χ1n) is 10.8. The van der Waals surface area contributed by atoms with E-state index in [2.05, 4.69) is 0 Å². The second-order valence-electron chi connectivity index (χ2n) is 8.16. The largest absolute Gasteiger partial charge is 0.508 e. The monoisotopic (exact) mass is 497 g/mol. The Morgan fingerprint density at radius 3 is 2.17 bits per heavy atom. The molecule has 2 aliphatic rings. The summed E-state index contributed by atoms with van der Waals surface area (Å²) in [5.41, 5.74) is -0.605. The number of carbonyl (C=O) groups is 2. The maximum absolute atomic E-state index is 13.2. The number of phenols is 1. The Balaban J connectivity index is 1.66. The molecule has 10 heteroatoms. The first kappa shape index (κ1) is 23.3. The number of carbonyl (C=O) groups excluding carboxylic acids is 2. The molecule has 0 aromatic heterocycles. The summed E-state index contributed by atoms with van der Waals surface area (Å²) >= 11 is 0. The molecule has 1 saturated heterocycles. The number of Topliss-reactive ketones (excluding diaryl/α,β-unsaturated/α-hetero) is 1. The third-order valence-electron chi connectivity index (χ3n) is 5.94. The Hall–Kier alpha value is -4.47. The highest BCUT2D eigenvalue weighted by molar-refractivity contribution is 6.51. The predicted molar refractivity (Wildman–Crippen MR) is 122 cm³/mol. The van der Waals surface area contributed by atoms with Crippen molar-refractivity contribution in [2.75, 3.05) is 18.1 Å². The number of fused-ring (bicyclic) bond motifs is 1. The first-order valence-corrected chi connectivity index (χ1v) is 10.8. The van der Waals surface area contributed by atoms with Crippen molar-refractivity contribution in [3.8, 4) is 17.2 Å². The van der Waals surface area contributed by atoms with Crippen molar-refractivity contribution in [2.24, 2.45) is 0 Å². The number of amides is 1. The van der Waals surface area contributed by atoms with E-state index in [9.17, 15) is 33.0 Å². The summed E-state index contributed by atoms with van der Waals surface area (Å²) in [6.07, 6.45) is -4.58. The number of hydrogen-bond acceptors (Lipinski definition) is 6. The number of anilines is 1. The maximum atomic E-state index is 13.2. The summed E-state index contributed by atoms with van der Waals surface area (Å²) in [7, 11) is 0. The van der Waals surface area contributed by atoms with Gasteiger partial charge in [0, 0.05) is 11.3 Å². The number of benzene rings is 3. The summed E-state index contributed by atoms with van der Waals surface area (Å²) < 4.78 is 50.2. The fourth-order valence-electron chi connectivity index (χ4n) is 4.23. The lowest BCUT2D eigenvalue weighted by molar-refractivity contribution is -0.137. The van der Waals surface area contributed by atoms with Crippen molar-refractivity contribution >= 4 is 23.1 Å². The Bertz CT molecular complexity index is 1380. The van der Waals surface area contributed by atoms with Gasteiger partial charge in [0.15, 0.2) is 11.5 Å². The van der Waals surface area contributed by atoms with E-state index in [0.29, 0.717) is 30.3 Å². The summed E-state index contributed by atoms with van der Waals surface area (Å²) in [4.78, 5) is 27.3. The van der Waals surface area contributed by atoms with E-state index >= 15 is 0 Å². The van der Waals surface area contributed by atoms with E-state index < -0.39 is 35.2 Å². The zero-order valence-corrected chi connectivity index (χ0v) is 18.5. The fraction of sp³-hybridized carbons (Fsp3) is 0.154. The molecule has 1 fully saturated rings. The quantitative estimate of drug-likeness (QED) is 0.306. The van der Waals surface area contributed by atoms with Crippen molar-refractivity contribution in [3.05, 3.63) is 89.0 Å². The summed E-state index contributed by atoms with van der Waals surface area (Å²) in [6, 6.07) is 12.8. The van der Waals surface area contributed by atoms with E-state index in [1.165, 1.54) is 36.4 Å². The molecule has 1 amide bonds. The van der Waals surface area contributed by atoms with E-state index in [0.717, 1.165) is 29.2 Å². The maximum Gasteiger partial charge on any atom is 0.416 e. The van der Waals surface area contributed by atoms with Crippen LogP contribution in [0.1, 0.15) is 22.7 Å². The van der Waals surface area contributed by atoms with Gasteiger partial charge in [-0.3, -0.25) is 14.5 Å². The number of ether oxygens (including phenoxy) is 2. The van der Waals surface area contributed by atoms with Crippen LogP contribution in [0.25, 0.3) is 5.76 Å². The normalized spacial score (nSPS) is 19.0. The molecule has 3 aromatic carbocycles. The molecule has 0 spiro atoms. The summed E-state index contributed by atoms with van der Waals surface area (Å²) in [6.45, 7) is 0.653. The zero-order valence-electron chi connectivity index (χ0n) is 18.5. The topological polar surface area (TPSA) is 96.3 Å². The van der Waals surface area contributed by atoms with E-state index in [1.807, 2.05) is 0 Å². The molecule has 0 saturated carbocycles. The highest BCUT2D eigenvalue weighted by Gasteiger charge is 2.47. The molecule has 0 radical (unpaired) electrons. The number of rotatable bonds is 3. The van der Waals surface area contributed by atoms with Crippen LogP contribution >= 0.6 is 0 Å². The van der Waals surface area contributed by atoms with Gasteiger partial charge in [0.2, 0.25) is 0 Å². The number of aliphatic hydroxyl groups is 1. The fourth-order valence-corrected chi connectivity index (χ4v) is 4.23. The molecule has 0 aliphatic carbocycles. The smallest absolute Gasteiger partial charge is 0.416 e. The Labute approximate surface area is 202 Å². The average molecular weight is 497 g/mol. The number of aliphatic hydroxyl groups excluding tert-OH is 1. The number of ketones is 1. The molecule has 2 N–H and O–H groups in total. The third-order valence-corrected chi connectivity index (χ3v) is 5.94. The zero-order chi connectivity index (χ0) is 25.6. The lowest BCUT2D eigenvalue weighted by atomic mass is 9.95. The van der Waals surface area contributed by atoms with Crippen LogP contribution in [-0.4, -0.2) is 35.1 Å². The van der Waals surface area contributed by atoms with Crippen LogP contribution in [0.4, 0.5) is 18.9 Å². The van der Waals surface area contributed by atoms with E-state index in [-0.39, 0.29) is 22.6 Å². The number of aromatic hydroxyl groups is 1. The minimum atomic E-state index is -4.58. The second kappa shape index (κ2) is 8.63. The second-order valence-corrected chi connectivity index (χ2v) is 8.16. The van der Waals surface area contributed by atoms with Crippen LogP contribution in [0.2, 0.25) is 0 Å². The number of phenolic OH excluding ortho intramolecular Hbond substituents is 1. The standard InChI is InChI=1S/C26H18F3NO6/c27-26(28,29)16-4-6-17(7-5-16)30-22(14-1-8-18(31)9-2-14)21(24(33)25(30)34)23(32)15-3-10-19-20(13-15)36-12-11-35-19/h1-10,13,22,31-32H,11-12H2/b23-21-. The van der Waals surface area contributed by atoms with Crippen molar-refractivity contribution < 1.29 is 42.4 Å². The van der Waals surface area contributed by atoms with Gasteiger partial charge >= 0.3 is 6.18 Å². The Morgan fingerprint density at radius 1 is 0.889 bits per heavy atom. The molecular weight excluding hydrogens is 479 g/mol. The van der Waals surface area contributed by atoms with Crippen LogP contribution in [0.15, 0.2) is 72.3 Å². The molecule has 7 nitrogen and oxygen atoms in total. The van der Waals surface area contributed by atoms with E-state index in [4.69, 9.17) is 9.47 Å². The number of halogens is 3. The molecule has 1 atom stereocenters. The lowest BCUT2D eigenvalue weighted by Gasteiger charge is -2.26. The van der Waals surface area contributed by atoms with Crippen molar-refractivity contribution in [1.82, 2.24) is 0 Å². The Kier molecular flexibility index (Phi) is 5.58. The Morgan fingerprint density at radius 2 is 1.53 bits per heavy atom. The SMILES string of the molecule is O=C1C(=O)N(c2ccc(C(F)(F)F)cc2)C(c2ccc(O)cc2)/C1=C(/O)c1ccc2c(c1)OCCO2. The molecule has 184 valence electrons. The lowest BCUT2D eigenvalue weighted by Crippen LogP contribution is -2.29. The predicted octanol–water partition coefficient (Wildman–Crippen LogP) is 4.81. The van der Waals surface area contributed by atoms with Crippen LogP contribution in [0.3, 0.4) is 0 Å². The van der Waals surface area contributed by atoms with Gasteiger partial charge in [-0.15, -0.1) is 0 Å². The molecule has 5 rings (SSSR count). The van der Waals surface area contributed by atoms with Gasteiger partial charge < -0.3 is 19.7 Å². The molecule has 36 heavy (non-hydrogen) atoms.